The largest absolute Gasteiger partial charge is 0.497 e. The fourth-order valence-electron chi connectivity index (χ4n) is 3.89. The number of para-hydroxylation sites is 2. The van der Waals surface area contributed by atoms with Crippen LogP contribution in [0.5, 0.6) is 5.75 Å². The number of aromatic nitrogens is 2. The fraction of sp³-hybridized carbons (Fsp3) is 0.348. The SMILES string of the molecule is COc1ccc(N2C[C@H](c3nc4ccccc4n3CC(=O)OC(C)C)CC2=O)cc1. The fourth-order valence-corrected chi connectivity index (χ4v) is 3.89. The van der Waals surface area contributed by atoms with Gasteiger partial charge in [-0.1, -0.05) is 12.1 Å². The van der Waals surface area contributed by atoms with E-state index in [4.69, 9.17) is 14.5 Å². The van der Waals surface area contributed by atoms with Crippen molar-refractivity contribution in [1.82, 2.24) is 9.55 Å². The molecule has 0 saturated carbocycles. The number of methoxy groups -OCH3 is 1. The Labute approximate surface area is 175 Å². The molecule has 1 saturated heterocycles. The van der Waals surface area contributed by atoms with Crippen LogP contribution in [-0.4, -0.2) is 41.2 Å². The molecule has 1 aliphatic rings. The molecule has 1 aromatic heterocycles. The van der Waals surface area contributed by atoms with Gasteiger partial charge in [-0.3, -0.25) is 9.59 Å². The van der Waals surface area contributed by atoms with Gasteiger partial charge in [0.25, 0.3) is 0 Å². The highest BCUT2D eigenvalue weighted by Gasteiger charge is 2.35. The molecule has 156 valence electrons. The van der Waals surface area contributed by atoms with Gasteiger partial charge in [-0.2, -0.15) is 0 Å². The maximum atomic E-state index is 12.8. The smallest absolute Gasteiger partial charge is 0.326 e. The van der Waals surface area contributed by atoms with Crippen molar-refractivity contribution in [3.05, 3.63) is 54.4 Å². The Balaban J connectivity index is 1.64. The molecular weight excluding hydrogens is 382 g/mol. The number of carbonyl (C=O) groups is 2. The summed E-state index contributed by atoms with van der Waals surface area (Å²) in [5.41, 5.74) is 2.49. The van der Waals surface area contributed by atoms with Crippen molar-refractivity contribution in [2.24, 2.45) is 0 Å². The molecule has 0 bridgehead atoms. The Morgan fingerprint density at radius 1 is 1.17 bits per heavy atom. The van der Waals surface area contributed by atoms with Crippen LogP contribution in [0.2, 0.25) is 0 Å². The molecular formula is C23H25N3O4. The molecule has 0 N–H and O–H groups in total. The van der Waals surface area contributed by atoms with Crippen LogP contribution in [0.25, 0.3) is 11.0 Å². The van der Waals surface area contributed by atoms with Crippen molar-refractivity contribution in [3.63, 3.8) is 0 Å². The predicted molar refractivity (Wildman–Crippen MR) is 114 cm³/mol. The van der Waals surface area contributed by atoms with E-state index in [-0.39, 0.29) is 30.4 Å². The average molecular weight is 407 g/mol. The summed E-state index contributed by atoms with van der Waals surface area (Å²) in [4.78, 5) is 31.7. The van der Waals surface area contributed by atoms with E-state index in [2.05, 4.69) is 0 Å². The number of rotatable bonds is 6. The average Bonchev–Trinajstić information content (AvgIpc) is 3.28. The van der Waals surface area contributed by atoms with Crippen LogP contribution < -0.4 is 9.64 Å². The highest BCUT2D eigenvalue weighted by molar-refractivity contribution is 5.96. The maximum Gasteiger partial charge on any atom is 0.326 e. The molecule has 0 aliphatic carbocycles. The van der Waals surface area contributed by atoms with Gasteiger partial charge in [-0.25, -0.2) is 4.98 Å². The van der Waals surface area contributed by atoms with Crippen LogP contribution >= 0.6 is 0 Å². The van der Waals surface area contributed by atoms with Crippen LogP contribution in [0.4, 0.5) is 5.69 Å². The van der Waals surface area contributed by atoms with Crippen LogP contribution in [-0.2, 0) is 20.9 Å². The van der Waals surface area contributed by atoms with Gasteiger partial charge in [-0.15, -0.1) is 0 Å². The van der Waals surface area contributed by atoms with E-state index in [9.17, 15) is 9.59 Å². The molecule has 0 unspecified atom stereocenters. The van der Waals surface area contributed by atoms with E-state index in [1.165, 1.54) is 0 Å². The monoisotopic (exact) mass is 407 g/mol. The Kier molecular flexibility index (Phi) is 5.44. The van der Waals surface area contributed by atoms with Crippen molar-refractivity contribution in [3.8, 4) is 5.75 Å². The van der Waals surface area contributed by atoms with Gasteiger partial charge < -0.3 is 18.9 Å². The first-order valence-corrected chi connectivity index (χ1v) is 10.1. The van der Waals surface area contributed by atoms with Crippen molar-refractivity contribution in [1.29, 1.82) is 0 Å². The normalized spacial score (nSPS) is 16.5. The first-order valence-electron chi connectivity index (χ1n) is 10.1. The van der Waals surface area contributed by atoms with Gasteiger partial charge in [-0.05, 0) is 50.2 Å². The Morgan fingerprint density at radius 2 is 1.90 bits per heavy atom. The van der Waals surface area contributed by atoms with E-state index in [1.54, 1.807) is 12.0 Å². The molecule has 2 aromatic carbocycles. The molecule has 3 aromatic rings. The lowest BCUT2D eigenvalue weighted by atomic mass is 10.1. The standard InChI is InChI=1S/C23H25N3O4/c1-15(2)30-22(28)14-26-20-7-5-4-6-19(20)24-23(26)16-12-21(27)25(13-16)17-8-10-18(29-3)11-9-17/h4-11,15-16H,12-14H2,1-3H3/t16-/m1/s1. The summed E-state index contributed by atoms with van der Waals surface area (Å²) in [6.07, 6.45) is 0.156. The number of ether oxygens (including phenoxy) is 2. The number of nitrogens with zero attached hydrogens (tertiary/aromatic N) is 3. The Hall–Kier alpha value is -3.35. The summed E-state index contributed by atoms with van der Waals surface area (Å²) in [5, 5.41) is 0. The van der Waals surface area contributed by atoms with Gasteiger partial charge >= 0.3 is 5.97 Å². The number of hydrogen-bond donors (Lipinski definition) is 0. The number of hydrogen-bond acceptors (Lipinski definition) is 5. The first kappa shape index (κ1) is 19.9. The van der Waals surface area contributed by atoms with Gasteiger partial charge in [0.15, 0.2) is 0 Å². The highest BCUT2D eigenvalue weighted by Crippen LogP contribution is 2.33. The Morgan fingerprint density at radius 3 is 2.60 bits per heavy atom. The second kappa shape index (κ2) is 8.18. The van der Waals surface area contributed by atoms with E-state index in [0.29, 0.717) is 13.0 Å². The van der Waals surface area contributed by atoms with Gasteiger partial charge in [0.2, 0.25) is 5.91 Å². The van der Waals surface area contributed by atoms with E-state index in [1.807, 2.05) is 66.9 Å². The Bertz CT molecular complexity index is 1070. The summed E-state index contributed by atoms with van der Waals surface area (Å²) < 4.78 is 12.4. The van der Waals surface area contributed by atoms with Gasteiger partial charge in [0.05, 0.1) is 24.2 Å². The topological polar surface area (TPSA) is 73.7 Å². The second-order valence-corrected chi connectivity index (χ2v) is 7.69. The van der Waals surface area contributed by atoms with Gasteiger partial charge in [0, 0.05) is 24.6 Å². The molecule has 1 atom stereocenters. The van der Waals surface area contributed by atoms with Crippen LogP contribution in [0.15, 0.2) is 48.5 Å². The molecule has 7 nitrogen and oxygen atoms in total. The lowest BCUT2D eigenvalue weighted by Crippen LogP contribution is -2.25. The third kappa shape index (κ3) is 3.87. The lowest BCUT2D eigenvalue weighted by molar-refractivity contribution is -0.148. The molecule has 1 fully saturated rings. The second-order valence-electron chi connectivity index (χ2n) is 7.69. The summed E-state index contributed by atoms with van der Waals surface area (Å²) in [6.45, 7) is 4.23. The minimum Gasteiger partial charge on any atom is -0.497 e. The van der Waals surface area contributed by atoms with Crippen molar-refractivity contribution >= 4 is 28.6 Å². The van der Waals surface area contributed by atoms with Crippen molar-refractivity contribution in [2.75, 3.05) is 18.6 Å². The number of benzene rings is 2. The van der Waals surface area contributed by atoms with Crippen LogP contribution in [0.3, 0.4) is 0 Å². The summed E-state index contributed by atoms with van der Waals surface area (Å²) >= 11 is 0. The quantitative estimate of drug-likeness (QED) is 0.585. The highest BCUT2D eigenvalue weighted by atomic mass is 16.5. The minimum absolute atomic E-state index is 0.0357. The number of amides is 1. The zero-order valence-corrected chi connectivity index (χ0v) is 17.4. The van der Waals surface area contributed by atoms with E-state index >= 15 is 0 Å². The maximum absolute atomic E-state index is 12.8. The van der Waals surface area contributed by atoms with Gasteiger partial charge in [0.1, 0.15) is 18.1 Å². The molecule has 4 rings (SSSR count). The van der Waals surface area contributed by atoms with E-state index in [0.717, 1.165) is 28.3 Å². The molecule has 7 heteroatoms. The zero-order chi connectivity index (χ0) is 21.3. The number of esters is 1. The minimum atomic E-state index is -0.314. The number of anilines is 1. The van der Waals surface area contributed by atoms with Crippen LogP contribution in [0.1, 0.15) is 32.0 Å². The summed E-state index contributed by atoms with van der Waals surface area (Å²) in [6, 6.07) is 15.1. The lowest BCUT2D eigenvalue weighted by Gasteiger charge is -2.18. The molecule has 0 radical (unpaired) electrons. The molecule has 0 spiro atoms. The molecule has 30 heavy (non-hydrogen) atoms. The third-order valence-electron chi connectivity index (χ3n) is 5.21. The first-order chi connectivity index (χ1) is 14.5. The zero-order valence-electron chi connectivity index (χ0n) is 17.4. The summed E-state index contributed by atoms with van der Waals surface area (Å²) in [5.74, 6) is 1.09. The number of fused-ring (bicyclic) bond motifs is 1. The van der Waals surface area contributed by atoms with Crippen molar-refractivity contribution < 1.29 is 19.1 Å². The van der Waals surface area contributed by atoms with Crippen molar-refractivity contribution in [2.45, 2.75) is 38.8 Å². The van der Waals surface area contributed by atoms with Crippen LogP contribution in [0, 0.1) is 0 Å². The third-order valence-corrected chi connectivity index (χ3v) is 5.21. The predicted octanol–water partition coefficient (Wildman–Crippen LogP) is 3.52. The molecule has 1 amide bonds. The number of imidazole rings is 1. The molecule has 1 aliphatic heterocycles. The number of carbonyl (C=O) groups excluding carboxylic acids is 2. The molecule has 2 heterocycles. The van der Waals surface area contributed by atoms with E-state index < -0.39 is 0 Å². The summed E-state index contributed by atoms with van der Waals surface area (Å²) in [7, 11) is 1.61.